The molecule has 3 rings (SSSR count). The SMILES string of the molecule is CCCCNC(=O)[C@@H](Cc1ccccc1)N(Cc1ccc(F)cc1)C(=O)CN(c1ccc(Cl)cc1C)S(C)(=O)=O. The van der Waals surface area contributed by atoms with Crippen molar-refractivity contribution in [2.75, 3.05) is 23.7 Å². The third kappa shape index (κ3) is 8.79. The minimum atomic E-state index is -3.89. The zero-order valence-corrected chi connectivity index (χ0v) is 24.5. The van der Waals surface area contributed by atoms with Crippen molar-refractivity contribution in [2.24, 2.45) is 0 Å². The maximum absolute atomic E-state index is 14.0. The van der Waals surface area contributed by atoms with Crippen molar-refractivity contribution in [1.29, 1.82) is 0 Å². The summed E-state index contributed by atoms with van der Waals surface area (Å²) in [5.74, 6) is -1.35. The van der Waals surface area contributed by atoms with Crippen LogP contribution in [0.2, 0.25) is 5.02 Å². The average molecular weight is 588 g/mol. The Kier molecular flexibility index (Phi) is 11.1. The lowest BCUT2D eigenvalue weighted by molar-refractivity contribution is -0.140. The zero-order chi connectivity index (χ0) is 29.3. The van der Waals surface area contributed by atoms with Gasteiger partial charge in [0, 0.05) is 24.5 Å². The van der Waals surface area contributed by atoms with Crippen LogP contribution in [-0.4, -0.2) is 50.5 Å². The van der Waals surface area contributed by atoms with Gasteiger partial charge in [0.1, 0.15) is 18.4 Å². The van der Waals surface area contributed by atoms with Gasteiger partial charge in [0.15, 0.2) is 0 Å². The van der Waals surface area contributed by atoms with Crippen LogP contribution < -0.4 is 9.62 Å². The molecule has 0 spiro atoms. The molecule has 0 aliphatic carbocycles. The van der Waals surface area contributed by atoms with E-state index in [4.69, 9.17) is 11.6 Å². The van der Waals surface area contributed by atoms with E-state index >= 15 is 0 Å². The van der Waals surface area contributed by atoms with E-state index in [0.29, 0.717) is 28.4 Å². The van der Waals surface area contributed by atoms with E-state index in [-0.39, 0.29) is 18.9 Å². The molecule has 214 valence electrons. The second-order valence-electron chi connectivity index (χ2n) is 9.70. The van der Waals surface area contributed by atoms with Gasteiger partial charge in [-0.25, -0.2) is 12.8 Å². The summed E-state index contributed by atoms with van der Waals surface area (Å²) in [4.78, 5) is 29.0. The van der Waals surface area contributed by atoms with Gasteiger partial charge in [0.2, 0.25) is 21.8 Å². The van der Waals surface area contributed by atoms with Gasteiger partial charge in [-0.15, -0.1) is 0 Å². The van der Waals surface area contributed by atoms with Crippen molar-refractivity contribution in [3.8, 4) is 0 Å². The Labute approximate surface area is 241 Å². The molecule has 40 heavy (non-hydrogen) atoms. The standard InChI is InChI=1S/C30H35ClFN3O4S/c1-4-5-17-33-30(37)28(19-23-9-7-6-8-10-23)34(20-24-11-14-26(32)15-12-24)29(36)21-35(40(3,38)39)27-16-13-25(31)18-22(27)2/h6-16,18,28H,4-5,17,19-21H2,1-3H3,(H,33,37)/t28-/m1/s1. The Bertz CT molecular complexity index is 1400. The lowest BCUT2D eigenvalue weighted by Crippen LogP contribution is -2.53. The normalized spacial score (nSPS) is 12.0. The monoisotopic (exact) mass is 587 g/mol. The van der Waals surface area contributed by atoms with E-state index in [1.54, 1.807) is 37.3 Å². The number of nitrogens with zero attached hydrogens (tertiary/aromatic N) is 2. The number of aryl methyl sites for hydroxylation is 1. The maximum atomic E-state index is 14.0. The third-order valence-electron chi connectivity index (χ3n) is 6.47. The third-order valence-corrected chi connectivity index (χ3v) is 7.84. The number of nitrogens with one attached hydrogen (secondary N) is 1. The Balaban J connectivity index is 2.04. The van der Waals surface area contributed by atoms with Gasteiger partial charge >= 0.3 is 0 Å². The molecule has 0 saturated carbocycles. The van der Waals surface area contributed by atoms with Gasteiger partial charge in [0.05, 0.1) is 11.9 Å². The number of carbonyl (C=O) groups excluding carboxylic acids is 2. The number of halogens is 2. The van der Waals surface area contributed by atoms with Crippen LogP contribution in [0.1, 0.15) is 36.5 Å². The van der Waals surface area contributed by atoms with Crippen LogP contribution in [0.25, 0.3) is 0 Å². The highest BCUT2D eigenvalue weighted by molar-refractivity contribution is 7.92. The summed E-state index contributed by atoms with van der Waals surface area (Å²) in [5.41, 5.74) is 2.33. The molecule has 0 unspecified atom stereocenters. The molecule has 3 aromatic rings. The highest BCUT2D eigenvalue weighted by Crippen LogP contribution is 2.26. The van der Waals surface area contributed by atoms with E-state index in [2.05, 4.69) is 5.32 Å². The first kappa shape index (κ1) is 31.1. The summed E-state index contributed by atoms with van der Waals surface area (Å²) in [5, 5.41) is 3.36. The van der Waals surface area contributed by atoms with Crippen molar-refractivity contribution >= 4 is 39.1 Å². The highest BCUT2D eigenvalue weighted by Gasteiger charge is 2.33. The molecule has 10 heteroatoms. The smallest absolute Gasteiger partial charge is 0.244 e. The summed E-state index contributed by atoms with van der Waals surface area (Å²) in [6, 6.07) is 18.7. The molecule has 0 saturated heterocycles. The van der Waals surface area contributed by atoms with E-state index in [1.807, 2.05) is 37.3 Å². The lowest BCUT2D eigenvalue weighted by Gasteiger charge is -2.33. The van der Waals surface area contributed by atoms with Gasteiger partial charge in [-0.3, -0.25) is 13.9 Å². The fourth-order valence-electron chi connectivity index (χ4n) is 4.34. The predicted octanol–water partition coefficient (Wildman–Crippen LogP) is 5.11. The topological polar surface area (TPSA) is 86.8 Å². The van der Waals surface area contributed by atoms with Gasteiger partial charge < -0.3 is 10.2 Å². The van der Waals surface area contributed by atoms with Crippen LogP contribution in [-0.2, 0) is 32.6 Å². The molecule has 0 aliphatic rings. The van der Waals surface area contributed by atoms with Crippen LogP contribution in [0.15, 0.2) is 72.8 Å². The molecule has 0 bridgehead atoms. The molecule has 2 amide bonds. The number of rotatable bonds is 13. The van der Waals surface area contributed by atoms with Crippen LogP contribution in [0.3, 0.4) is 0 Å². The average Bonchev–Trinajstić information content (AvgIpc) is 2.90. The molecule has 0 aliphatic heterocycles. The minimum absolute atomic E-state index is 0.0188. The highest BCUT2D eigenvalue weighted by atomic mass is 35.5. The number of amides is 2. The fraction of sp³-hybridized carbons (Fsp3) is 0.333. The molecular formula is C30H35ClFN3O4S. The number of hydrogen-bond acceptors (Lipinski definition) is 4. The Morgan fingerprint density at radius 1 is 1.00 bits per heavy atom. The predicted molar refractivity (Wildman–Crippen MR) is 157 cm³/mol. The second kappa shape index (κ2) is 14.3. The first-order chi connectivity index (χ1) is 19.0. The summed E-state index contributed by atoms with van der Waals surface area (Å²) in [6.07, 6.45) is 2.89. The number of carbonyl (C=O) groups is 2. The Hall–Kier alpha value is -3.43. The number of hydrogen-bond donors (Lipinski definition) is 1. The molecule has 0 fully saturated rings. The van der Waals surface area contributed by atoms with E-state index in [1.165, 1.54) is 17.0 Å². The van der Waals surface area contributed by atoms with Crippen molar-refractivity contribution in [1.82, 2.24) is 10.2 Å². The largest absolute Gasteiger partial charge is 0.354 e. The van der Waals surface area contributed by atoms with Gasteiger partial charge in [0.25, 0.3) is 0 Å². The molecule has 7 nitrogen and oxygen atoms in total. The first-order valence-electron chi connectivity index (χ1n) is 13.1. The summed E-state index contributed by atoms with van der Waals surface area (Å²) < 4.78 is 40.5. The van der Waals surface area contributed by atoms with Crippen molar-refractivity contribution in [3.05, 3.63) is 100 Å². The van der Waals surface area contributed by atoms with Gasteiger partial charge in [-0.2, -0.15) is 0 Å². The van der Waals surface area contributed by atoms with Crippen molar-refractivity contribution in [2.45, 2.75) is 45.7 Å². The fourth-order valence-corrected chi connectivity index (χ4v) is 5.47. The molecule has 1 atom stereocenters. The van der Waals surface area contributed by atoms with Gasteiger partial charge in [-0.1, -0.05) is 67.4 Å². The van der Waals surface area contributed by atoms with E-state index in [0.717, 1.165) is 29.0 Å². The molecule has 0 heterocycles. The van der Waals surface area contributed by atoms with E-state index in [9.17, 15) is 22.4 Å². The van der Waals surface area contributed by atoms with Crippen LogP contribution in [0, 0.1) is 12.7 Å². The number of anilines is 1. The van der Waals surface area contributed by atoms with Crippen molar-refractivity contribution < 1.29 is 22.4 Å². The van der Waals surface area contributed by atoms with Crippen LogP contribution in [0.5, 0.6) is 0 Å². The lowest BCUT2D eigenvalue weighted by atomic mass is 10.0. The maximum Gasteiger partial charge on any atom is 0.244 e. The summed E-state index contributed by atoms with van der Waals surface area (Å²) in [6.45, 7) is 3.61. The molecule has 0 aromatic heterocycles. The van der Waals surface area contributed by atoms with Crippen molar-refractivity contribution in [3.63, 3.8) is 0 Å². The minimum Gasteiger partial charge on any atom is -0.354 e. The van der Waals surface area contributed by atoms with Crippen LogP contribution >= 0.6 is 11.6 Å². The zero-order valence-electron chi connectivity index (χ0n) is 22.9. The number of benzene rings is 3. The Morgan fingerprint density at radius 3 is 2.27 bits per heavy atom. The molecular weight excluding hydrogens is 553 g/mol. The number of sulfonamides is 1. The van der Waals surface area contributed by atoms with E-state index < -0.39 is 34.3 Å². The Morgan fingerprint density at radius 2 is 1.68 bits per heavy atom. The molecule has 1 N–H and O–H groups in total. The summed E-state index contributed by atoms with van der Waals surface area (Å²) in [7, 11) is -3.89. The molecule has 3 aromatic carbocycles. The quantitative estimate of drug-likeness (QED) is 0.282. The second-order valence-corrected chi connectivity index (χ2v) is 12.0. The first-order valence-corrected chi connectivity index (χ1v) is 15.3. The van der Waals surface area contributed by atoms with Crippen LogP contribution in [0.4, 0.5) is 10.1 Å². The van der Waals surface area contributed by atoms with Gasteiger partial charge in [-0.05, 0) is 60.4 Å². The number of unbranched alkanes of at least 4 members (excludes halogenated alkanes) is 1. The molecule has 0 radical (unpaired) electrons. The summed E-state index contributed by atoms with van der Waals surface area (Å²) >= 11 is 6.08.